The zero-order valence-corrected chi connectivity index (χ0v) is 7.76. The molecule has 3 heteroatoms. The lowest BCUT2D eigenvalue weighted by Crippen LogP contribution is -2.24. The van der Waals surface area contributed by atoms with Crippen LogP contribution >= 0.6 is 0 Å². The van der Waals surface area contributed by atoms with Gasteiger partial charge in [0.25, 0.3) is 0 Å². The quantitative estimate of drug-likeness (QED) is 0.578. The molecule has 1 amide bonds. The number of carbonyl (C=O) groups is 2. The average molecular weight is 159 g/mol. The summed E-state index contributed by atoms with van der Waals surface area (Å²) in [6, 6.07) is 0. The normalized spacial score (nSPS) is 7.64. The van der Waals surface area contributed by atoms with Gasteiger partial charge in [0, 0.05) is 26.9 Å². The fourth-order valence-electron chi connectivity index (χ4n) is 0.404. The van der Waals surface area contributed by atoms with Gasteiger partial charge in [0.05, 0.1) is 0 Å². The van der Waals surface area contributed by atoms with Gasteiger partial charge in [-0.15, -0.1) is 0 Å². The number of carbonyl (C=O) groups excluding carboxylic acids is 2. The summed E-state index contributed by atoms with van der Waals surface area (Å²) < 4.78 is 0. The second-order valence-corrected chi connectivity index (χ2v) is 1.90. The van der Waals surface area contributed by atoms with Gasteiger partial charge in [0.1, 0.15) is 6.29 Å². The van der Waals surface area contributed by atoms with E-state index in [2.05, 4.69) is 0 Å². The van der Waals surface area contributed by atoms with Crippen LogP contribution < -0.4 is 0 Å². The first-order chi connectivity index (χ1) is 5.18. The first kappa shape index (κ1) is 12.8. The van der Waals surface area contributed by atoms with Crippen LogP contribution in [0.1, 0.15) is 27.2 Å². The molecule has 0 unspecified atom stereocenters. The topological polar surface area (TPSA) is 37.4 Å². The predicted octanol–water partition coefficient (Wildman–Crippen LogP) is 1.08. The molecule has 0 aromatic carbocycles. The van der Waals surface area contributed by atoms with E-state index in [9.17, 15) is 9.59 Å². The van der Waals surface area contributed by atoms with Crippen molar-refractivity contribution in [3.05, 3.63) is 0 Å². The molecule has 0 atom stereocenters. The van der Waals surface area contributed by atoms with Gasteiger partial charge in [0.15, 0.2) is 0 Å². The van der Waals surface area contributed by atoms with Crippen LogP contribution in [0.5, 0.6) is 0 Å². The maximum Gasteiger partial charge on any atom is 0.219 e. The summed E-state index contributed by atoms with van der Waals surface area (Å²) >= 11 is 0. The van der Waals surface area contributed by atoms with Crippen LogP contribution in [0.4, 0.5) is 0 Å². The number of rotatable bonds is 3. The molecular weight excluding hydrogens is 142 g/mol. The molecule has 0 radical (unpaired) electrons. The van der Waals surface area contributed by atoms with Gasteiger partial charge < -0.3 is 9.69 Å². The third-order valence-corrected chi connectivity index (χ3v) is 1.12. The Balaban J connectivity index is 0. The lowest BCUT2D eigenvalue weighted by atomic mass is 10.4. The van der Waals surface area contributed by atoms with Crippen LogP contribution in [-0.4, -0.2) is 30.7 Å². The van der Waals surface area contributed by atoms with Crippen LogP contribution in [0, 0.1) is 0 Å². The Kier molecular flexibility index (Phi) is 10.6. The summed E-state index contributed by atoms with van der Waals surface area (Å²) in [6.45, 7) is 6.00. The van der Waals surface area contributed by atoms with Crippen molar-refractivity contribution in [2.24, 2.45) is 0 Å². The third kappa shape index (κ3) is 9.14. The van der Waals surface area contributed by atoms with Gasteiger partial charge >= 0.3 is 0 Å². The summed E-state index contributed by atoms with van der Waals surface area (Å²) in [5, 5.41) is 0. The number of nitrogens with zero attached hydrogens (tertiary/aromatic N) is 1. The summed E-state index contributed by atoms with van der Waals surface area (Å²) in [5.41, 5.74) is 0. The highest BCUT2D eigenvalue weighted by atomic mass is 16.2. The van der Waals surface area contributed by atoms with Crippen LogP contribution in [0.15, 0.2) is 0 Å². The van der Waals surface area contributed by atoms with Crippen molar-refractivity contribution in [1.82, 2.24) is 4.90 Å². The van der Waals surface area contributed by atoms with Crippen molar-refractivity contribution < 1.29 is 9.59 Å². The molecule has 3 nitrogen and oxygen atoms in total. The average Bonchev–Trinajstić information content (AvgIpc) is 2.03. The monoisotopic (exact) mass is 159 g/mol. The molecule has 0 aliphatic carbocycles. The van der Waals surface area contributed by atoms with E-state index >= 15 is 0 Å². The van der Waals surface area contributed by atoms with Crippen molar-refractivity contribution in [2.75, 3.05) is 13.6 Å². The minimum Gasteiger partial charge on any atom is -0.346 e. The van der Waals surface area contributed by atoms with Crippen LogP contribution in [-0.2, 0) is 9.59 Å². The standard InChI is InChI=1S/C6H11NO2.C2H6/c1-6(9)7(2)4-3-5-8;1-2/h5H,3-4H2,1-2H3;1-2H3. The number of amides is 1. The van der Waals surface area contributed by atoms with Gasteiger partial charge in [0.2, 0.25) is 5.91 Å². The van der Waals surface area contributed by atoms with E-state index in [4.69, 9.17) is 0 Å². The van der Waals surface area contributed by atoms with Gasteiger partial charge in [-0.25, -0.2) is 0 Å². The van der Waals surface area contributed by atoms with Gasteiger partial charge in [-0.3, -0.25) is 4.79 Å². The number of hydrogen-bond acceptors (Lipinski definition) is 2. The van der Waals surface area contributed by atoms with Gasteiger partial charge in [-0.2, -0.15) is 0 Å². The third-order valence-electron chi connectivity index (χ3n) is 1.12. The second kappa shape index (κ2) is 9.14. The summed E-state index contributed by atoms with van der Waals surface area (Å²) in [6.07, 6.45) is 1.23. The molecule has 0 N–H and O–H groups in total. The molecule has 0 fully saturated rings. The Labute approximate surface area is 68.4 Å². The highest BCUT2D eigenvalue weighted by molar-refractivity contribution is 5.73. The Hall–Kier alpha value is -0.860. The highest BCUT2D eigenvalue weighted by Gasteiger charge is 1.98. The number of hydrogen-bond donors (Lipinski definition) is 0. The van der Waals surface area contributed by atoms with Crippen molar-refractivity contribution in [1.29, 1.82) is 0 Å². The maximum atomic E-state index is 10.5. The Bertz CT molecular complexity index is 113. The Morgan fingerprint density at radius 1 is 1.45 bits per heavy atom. The summed E-state index contributed by atoms with van der Waals surface area (Å²) in [7, 11) is 1.67. The molecule has 0 aliphatic rings. The minimum absolute atomic E-state index is 0.00292. The Morgan fingerprint density at radius 2 is 1.91 bits per heavy atom. The van der Waals surface area contributed by atoms with Gasteiger partial charge in [-0.05, 0) is 0 Å². The van der Waals surface area contributed by atoms with E-state index in [0.717, 1.165) is 6.29 Å². The van der Waals surface area contributed by atoms with E-state index in [1.807, 2.05) is 13.8 Å². The smallest absolute Gasteiger partial charge is 0.219 e. The van der Waals surface area contributed by atoms with Crippen LogP contribution in [0.25, 0.3) is 0 Å². The lowest BCUT2D eigenvalue weighted by Gasteiger charge is -2.11. The first-order valence-corrected chi connectivity index (χ1v) is 3.84. The van der Waals surface area contributed by atoms with E-state index in [0.29, 0.717) is 13.0 Å². The molecule has 0 saturated heterocycles. The molecule has 0 heterocycles. The van der Waals surface area contributed by atoms with E-state index in [-0.39, 0.29) is 5.91 Å². The largest absolute Gasteiger partial charge is 0.346 e. The fraction of sp³-hybridized carbons (Fsp3) is 0.750. The molecule has 0 saturated carbocycles. The van der Waals surface area contributed by atoms with E-state index < -0.39 is 0 Å². The van der Waals surface area contributed by atoms with Crippen LogP contribution in [0.3, 0.4) is 0 Å². The highest BCUT2D eigenvalue weighted by Crippen LogP contribution is 1.83. The summed E-state index contributed by atoms with van der Waals surface area (Å²) in [4.78, 5) is 21.8. The molecule has 0 rings (SSSR count). The SMILES string of the molecule is CC.CC(=O)N(C)CCC=O. The zero-order chi connectivity index (χ0) is 9.28. The molecule has 0 spiro atoms. The molecule has 11 heavy (non-hydrogen) atoms. The first-order valence-electron chi connectivity index (χ1n) is 3.84. The summed E-state index contributed by atoms with van der Waals surface area (Å²) in [5.74, 6) is -0.00292. The van der Waals surface area contributed by atoms with Crippen molar-refractivity contribution in [2.45, 2.75) is 27.2 Å². The van der Waals surface area contributed by atoms with E-state index in [1.54, 1.807) is 7.05 Å². The molecule has 0 aromatic rings. The predicted molar refractivity (Wildman–Crippen MR) is 45.3 cm³/mol. The fourth-order valence-corrected chi connectivity index (χ4v) is 0.404. The van der Waals surface area contributed by atoms with Crippen LogP contribution in [0.2, 0.25) is 0 Å². The van der Waals surface area contributed by atoms with Crippen molar-refractivity contribution in [3.63, 3.8) is 0 Å². The lowest BCUT2D eigenvalue weighted by molar-refractivity contribution is -0.127. The molecular formula is C8H17NO2. The second-order valence-electron chi connectivity index (χ2n) is 1.90. The Morgan fingerprint density at radius 3 is 2.18 bits per heavy atom. The number of aldehydes is 1. The zero-order valence-electron chi connectivity index (χ0n) is 7.76. The molecule has 66 valence electrons. The maximum absolute atomic E-state index is 10.5. The molecule has 0 aliphatic heterocycles. The van der Waals surface area contributed by atoms with Gasteiger partial charge in [-0.1, -0.05) is 13.8 Å². The van der Waals surface area contributed by atoms with Crippen molar-refractivity contribution in [3.8, 4) is 0 Å². The molecule has 0 bridgehead atoms. The minimum atomic E-state index is -0.00292. The van der Waals surface area contributed by atoms with E-state index in [1.165, 1.54) is 11.8 Å². The molecule has 0 aromatic heterocycles. The van der Waals surface area contributed by atoms with Crippen molar-refractivity contribution >= 4 is 12.2 Å².